The Morgan fingerprint density at radius 2 is 1.64 bits per heavy atom. The lowest BCUT2D eigenvalue weighted by Gasteiger charge is -2.37. The van der Waals surface area contributed by atoms with Gasteiger partial charge in [-0.05, 0) is 62.7 Å². The molecule has 2 aliphatic rings. The van der Waals surface area contributed by atoms with Crippen molar-refractivity contribution in [2.75, 3.05) is 0 Å². The zero-order chi connectivity index (χ0) is 15.8. The van der Waals surface area contributed by atoms with Gasteiger partial charge in [0, 0.05) is 6.42 Å². The number of ether oxygens (including phenoxy) is 1. The van der Waals surface area contributed by atoms with Gasteiger partial charge < -0.3 is 4.74 Å². The quantitative estimate of drug-likeness (QED) is 0.448. The lowest BCUT2D eigenvalue weighted by Crippen LogP contribution is -2.29. The van der Waals surface area contributed by atoms with Gasteiger partial charge in [0.15, 0.2) is 0 Å². The molecule has 0 aromatic heterocycles. The Kier molecular flexibility index (Phi) is 7.48. The molecule has 0 aromatic carbocycles. The molecule has 0 spiro atoms. The summed E-state index contributed by atoms with van der Waals surface area (Å²) in [6.07, 6.45) is 16.5. The third-order valence-corrected chi connectivity index (χ3v) is 5.82. The van der Waals surface area contributed by atoms with Crippen molar-refractivity contribution in [3.05, 3.63) is 12.7 Å². The highest BCUT2D eigenvalue weighted by molar-refractivity contribution is 5.69. The minimum atomic E-state index is -0.0385. The van der Waals surface area contributed by atoms with Crippen molar-refractivity contribution in [3.8, 4) is 0 Å². The Morgan fingerprint density at radius 1 is 1.05 bits per heavy atom. The second-order valence-electron chi connectivity index (χ2n) is 7.42. The van der Waals surface area contributed by atoms with E-state index in [0.717, 1.165) is 37.0 Å². The summed E-state index contributed by atoms with van der Waals surface area (Å²) in [7, 11) is 0. The Hall–Kier alpha value is -0.790. The summed E-state index contributed by atoms with van der Waals surface area (Å²) in [5.74, 6) is 2.81. The standard InChI is InChI=1S/C20H34O2/c1-3-5-7-20(21)22-19-14-12-18(13-15-19)17-10-8-16(6-4-2)9-11-17/h3,16-19H,1,4-15H2,2H3. The molecule has 0 aliphatic heterocycles. The third kappa shape index (κ3) is 5.44. The van der Waals surface area contributed by atoms with Crippen LogP contribution in [0.25, 0.3) is 0 Å². The van der Waals surface area contributed by atoms with Crippen molar-refractivity contribution in [3.63, 3.8) is 0 Å². The van der Waals surface area contributed by atoms with E-state index < -0.39 is 0 Å². The first-order valence-corrected chi connectivity index (χ1v) is 9.53. The molecule has 2 fully saturated rings. The van der Waals surface area contributed by atoms with E-state index in [0.29, 0.717) is 6.42 Å². The van der Waals surface area contributed by atoms with Gasteiger partial charge in [-0.25, -0.2) is 0 Å². The Bertz CT molecular complexity index is 334. The zero-order valence-electron chi connectivity index (χ0n) is 14.4. The summed E-state index contributed by atoms with van der Waals surface area (Å²) in [5.41, 5.74) is 0. The molecule has 2 aliphatic carbocycles. The lowest BCUT2D eigenvalue weighted by atomic mass is 9.70. The number of hydrogen-bond donors (Lipinski definition) is 0. The van der Waals surface area contributed by atoms with Crippen LogP contribution in [0, 0.1) is 17.8 Å². The topological polar surface area (TPSA) is 26.3 Å². The molecule has 0 aromatic rings. The van der Waals surface area contributed by atoms with Crippen LogP contribution in [-0.2, 0) is 9.53 Å². The number of rotatable bonds is 7. The average Bonchev–Trinajstić information content (AvgIpc) is 2.55. The molecule has 126 valence electrons. The van der Waals surface area contributed by atoms with Gasteiger partial charge in [0.2, 0.25) is 0 Å². The fourth-order valence-electron chi connectivity index (χ4n) is 4.50. The molecule has 0 radical (unpaired) electrons. The smallest absolute Gasteiger partial charge is 0.306 e. The SMILES string of the molecule is C=CCCC(=O)OC1CCC(C2CCC(CCC)CC2)CC1. The van der Waals surface area contributed by atoms with E-state index in [-0.39, 0.29) is 12.1 Å². The second kappa shape index (κ2) is 9.37. The van der Waals surface area contributed by atoms with E-state index in [1.807, 2.05) is 0 Å². The number of hydrogen-bond acceptors (Lipinski definition) is 2. The summed E-state index contributed by atoms with van der Waals surface area (Å²) in [5, 5.41) is 0. The highest BCUT2D eigenvalue weighted by atomic mass is 16.5. The van der Waals surface area contributed by atoms with Crippen LogP contribution in [0.1, 0.15) is 84.0 Å². The van der Waals surface area contributed by atoms with Crippen LogP contribution in [0.15, 0.2) is 12.7 Å². The van der Waals surface area contributed by atoms with Gasteiger partial charge in [0.1, 0.15) is 6.10 Å². The molecule has 0 bridgehead atoms. The minimum Gasteiger partial charge on any atom is -0.462 e. The molecule has 0 saturated heterocycles. The molecule has 2 saturated carbocycles. The third-order valence-electron chi connectivity index (χ3n) is 5.82. The Labute approximate surface area is 136 Å². The van der Waals surface area contributed by atoms with E-state index in [1.54, 1.807) is 6.08 Å². The first kappa shape index (κ1) is 17.6. The van der Waals surface area contributed by atoms with Crippen LogP contribution in [0.2, 0.25) is 0 Å². The Morgan fingerprint density at radius 3 is 2.18 bits per heavy atom. The van der Waals surface area contributed by atoms with Crippen LogP contribution >= 0.6 is 0 Å². The fourth-order valence-corrected chi connectivity index (χ4v) is 4.50. The summed E-state index contributed by atoms with van der Waals surface area (Å²) in [6.45, 7) is 5.96. The summed E-state index contributed by atoms with van der Waals surface area (Å²) < 4.78 is 5.59. The molecule has 0 heterocycles. The maximum atomic E-state index is 11.7. The van der Waals surface area contributed by atoms with Crippen LogP contribution in [-0.4, -0.2) is 12.1 Å². The first-order valence-electron chi connectivity index (χ1n) is 9.53. The van der Waals surface area contributed by atoms with Gasteiger partial charge in [-0.15, -0.1) is 6.58 Å². The molecule has 2 heteroatoms. The van der Waals surface area contributed by atoms with E-state index in [4.69, 9.17) is 4.74 Å². The average molecular weight is 306 g/mol. The minimum absolute atomic E-state index is 0.0385. The van der Waals surface area contributed by atoms with Crippen molar-refractivity contribution >= 4 is 5.97 Å². The predicted octanol–water partition coefficient (Wildman–Crippen LogP) is 5.66. The van der Waals surface area contributed by atoms with E-state index in [1.165, 1.54) is 51.4 Å². The first-order chi connectivity index (χ1) is 10.7. The number of esters is 1. The second-order valence-corrected chi connectivity index (χ2v) is 7.42. The molecule has 22 heavy (non-hydrogen) atoms. The van der Waals surface area contributed by atoms with E-state index in [2.05, 4.69) is 13.5 Å². The van der Waals surface area contributed by atoms with Crippen LogP contribution in [0.3, 0.4) is 0 Å². The molecule has 0 unspecified atom stereocenters. The van der Waals surface area contributed by atoms with Gasteiger partial charge in [0.25, 0.3) is 0 Å². The molecule has 2 rings (SSSR count). The van der Waals surface area contributed by atoms with Gasteiger partial charge in [-0.1, -0.05) is 38.7 Å². The Balaban J connectivity index is 1.65. The fraction of sp³-hybridized carbons (Fsp3) is 0.850. The lowest BCUT2D eigenvalue weighted by molar-refractivity contribution is -0.151. The number of allylic oxidation sites excluding steroid dienone is 1. The maximum absolute atomic E-state index is 11.7. The summed E-state index contributed by atoms with van der Waals surface area (Å²) >= 11 is 0. The van der Waals surface area contributed by atoms with E-state index in [9.17, 15) is 4.79 Å². The van der Waals surface area contributed by atoms with Crippen molar-refractivity contribution in [1.82, 2.24) is 0 Å². The molecule has 0 amide bonds. The van der Waals surface area contributed by atoms with Gasteiger partial charge in [-0.2, -0.15) is 0 Å². The maximum Gasteiger partial charge on any atom is 0.306 e. The number of carbonyl (C=O) groups is 1. The normalized spacial score (nSPS) is 32.4. The molecular formula is C20H34O2. The summed E-state index contributed by atoms with van der Waals surface area (Å²) in [4.78, 5) is 11.7. The highest BCUT2D eigenvalue weighted by Gasteiger charge is 2.31. The van der Waals surface area contributed by atoms with Gasteiger partial charge >= 0.3 is 5.97 Å². The van der Waals surface area contributed by atoms with E-state index >= 15 is 0 Å². The molecular weight excluding hydrogens is 272 g/mol. The zero-order valence-corrected chi connectivity index (χ0v) is 14.4. The van der Waals surface area contributed by atoms with Gasteiger partial charge in [0.05, 0.1) is 0 Å². The number of carbonyl (C=O) groups excluding carboxylic acids is 1. The predicted molar refractivity (Wildman–Crippen MR) is 91.6 cm³/mol. The highest BCUT2D eigenvalue weighted by Crippen LogP contribution is 2.41. The van der Waals surface area contributed by atoms with Crippen molar-refractivity contribution < 1.29 is 9.53 Å². The van der Waals surface area contributed by atoms with Crippen LogP contribution < -0.4 is 0 Å². The molecule has 2 nitrogen and oxygen atoms in total. The molecule has 0 N–H and O–H groups in total. The largest absolute Gasteiger partial charge is 0.462 e. The van der Waals surface area contributed by atoms with Crippen LogP contribution in [0.5, 0.6) is 0 Å². The van der Waals surface area contributed by atoms with Gasteiger partial charge in [-0.3, -0.25) is 4.79 Å². The van der Waals surface area contributed by atoms with Crippen LogP contribution in [0.4, 0.5) is 0 Å². The van der Waals surface area contributed by atoms with Crippen molar-refractivity contribution in [2.45, 2.75) is 90.1 Å². The molecule has 0 atom stereocenters. The monoisotopic (exact) mass is 306 g/mol. The van der Waals surface area contributed by atoms with Crippen molar-refractivity contribution in [2.24, 2.45) is 17.8 Å². The summed E-state index contributed by atoms with van der Waals surface area (Å²) in [6, 6.07) is 0. The van der Waals surface area contributed by atoms with Crippen molar-refractivity contribution in [1.29, 1.82) is 0 Å².